The molecule has 23 heavy (non-hydrogen) atoms. The minimum Gasteiger partial charge on any atom is -0.339 e. The number of carbonyl (C=O) groups is 1. The van der Waals surface area contributed by atoms with Crippen molar-refractivity contribution in [1.82, 2.24) is 15.1 Å². The van der Waals surface area contributed by atoms with Crippen molar-refractivity contribution in [3.63, 3.8) is 0 Å². The molecule has 2 fully saturated rings. The van der Waals surface area contributed by atoms with Crippen LogP contribution in [0.25, 0.3) is 0 Å². The average Bonchev–Trinajstić information content (AvgIpc) is 3.01. The summed E-state index contributed by atoms with van der Waals surface area (Å²) < 4.78 is 0. The van der Waals surface area contributed by atoms with Gasteiger partial charge in [0.1, 0.15) is 0 Å². The van der Waals surface area contributed by atoms with Crippen LogP contribution in [0.1, 0.15) is 5.56 Å². The summed E-state index contributed by atoms with van der Waals surface area (Å²) in [5.74, 6) is 2.06. The summed E-state index contributed by atoms with van der Waals surface area (Å²) in [4.78, 5) is 16.7. The first kappa shape index (κ1) is 20.9. The molecule has 1 amide bonds. The lowest BCUT2D eigenvalue weighted by Gasteiger charge is -2.35. The Morgan fingerprint density at radius 2 is 2.00 bits per heavy atom. The van der Waals surface area contributed by atoms with E-state index in [1.807, 2.05) is 23.1 Å². The van der Waals surface area contributed by atoms with E-state index in [-0.39, 0.29) is 36.8 Å². The van der Waals surface area contributed by atoms with Crippen LogP contribution in [-0.4, -0.2) is 59.6 Å². The fourth-order valence-corrected chi connectivity index (χ4v) is 3.94. The molecule has 2 saturated heterocycles. The molecule has 4 nitrogen and oxygen atoms in total. The number of amides is 1. The molecule has 0 saturated carbocycles. The highest BCUT2D eigenvalue weighted by atomic mass is 35.5. The number of piperazine rings is 1. The number of hydrogen-bond donors (Lipinski definition) is 1. The molecule has 2 aliphatic heterocycles. The fourth-order valence-electron chi connectivity index (χ4n) is 2.79. The van der Waals surface area contributed by atoms with Gasteiger partial charge >= 0.3 is 0 Å². The summed E-state index contributed by atoms with van der Waals surface area (Å²) in [6, 6.07) is 8.02. The maximum atomic E-state index is 12.3. The van der Waals surface area contributed by atoms with E-state index < -0.39 is 0 Å². The van der Waals surface area contributed by atoms with Crippen molar-refractivity contribution in [2.45, 2.75) is 12.6 Å². The molecule has 1 aromatic carbocycles. The van der Waals surface area contributed by atoms with E-state index in [9.17, 15) is 4.79 Å². The summed E-state index contributed by atoms with van der Waals surface area (Å²) in [5.41, 5.74) is 1.23. The Morgan fingerprint density at radius 1 is 1.26 bits per heavy atom. The number of carbonyl (C=O) groups excluding carboxylic acids is 1. The van der Waals surface area contributed by atoms with Gasteiger partial charge in [-0.3, -0.25) is 15.0 Å². The molecule has 3 rings (SSSR count). The number of hydrogen-bond acceptors (Lipinski definition) is 4. The lowest BCUT2D eigenvalue weighted by Crippen LogP contribution is -2.53. The molecule has 8 heteroatoms. The standard InChI is InChI=1S/C15H20ClN3OS.2ClH/c16-13-3-1-2-12(8-13)9-18-4-6-19(7-5-18)15(20)14-10-21-11-17-14;;/h1-3,8,14,17H,4-7,9-11H2;2*1H. The van der Waals surface area contributed by atoms with Gasteiger partial charge in [0.25, 0.3) is 0 Å². The second-order valence-electron chi connectivity index (χ2n) is 5.50. The monoisotopic (exact) mass is 397 g/mol. The molecule has 1 atom stereocenters. The van der Waals surface area contributed by atoms with Crippen LogP contribution in [0, 0.1) is 0 Å². The largest absolute Gasteiger partial charge is 0.339 e. The minimum absolute atomic E-state index is 0. The normalized spacial score (nSPS) is 21.4. The molecule has 0 aromatic heterocycles. The highest BCUT2D eigenvalue weighted by Gasteiger charge is 2.29. The molecule has 2 heterocycles. The van der Waals surface area contributed by atoms with Crippen molar-refractivity contribution in [3.05, 3.63) is 34.9 Å². The van der Waals surface area contributed by atoms with Gasteiger partial charge < -0.3 is 4.90 Å². The fraction of sp³-hybridized carbons (Fsp3) is 0.533. The topological polar surface area (TPSA) is 35.6 Å². The lowest BCUT2D eigenvalue weighted by atomic mass is 10.2. The van der Waals surface area contributed by atoms with Gasteiger partial charge in [-0.2, -0.15) is 0 Å². The maximum absolute atomic E-state index is 12.3. The quantitative estimate of drug-likeness (QED) is 0.848. The maximum Gasteiger partial charge on any atom is 0.240 e. The van der Waals surface area contributed by atoms with Crippen molar-refractivity contribution < 1.29 is 4.79 Å². The number of thioether (sulfide) groups is 1. The Kier molecular flexibility index (Phi) is 9.04. The zero-order chi connectivity index (χ0) is 14.7. The number of nitrogens with zero attached hydrogens (tertiary/aromatic N) is 2. The Morgan fingerprint density at radius 3 is 2.61 bits per heavy atom. The molecule has 0 radical (unpaired) electrons. The second kappa shape index (κ2) is 9.97. The molecule has 0 bridgehead atoms. The van der Waals surface area contributed by atoms with Gasteiger partial charge in [0.2, 0.25) is 5.91 Å². The zero-order valence-corrected chi connectivity index (χ0v) is 15.9. The van der Waals surface area contributed by atoms with Crippen LogP contribution >= 0.6 is 48.2 Å². The smallest absolute Gasteiger partial charge is 0.240 e. The molecule has 0 aliphatic carbocycles. The third-order valence-corrected chi connectivity index (χ3v) is 5.17. The van der Waals surface area contributed by atoms with Crippen LogP contribution < -0.4 is 5.32 Å². The highest BCUT2D eigenvalue weighted by molar-refractivity contribution is 7.99. The average molecular weight is 399 g/mol. The summed E-state index contributed by atoms with van der Waals surface area (Å²) in [6.07, 6.45) is 0. The molecule has 130 valence electrons. The van der Waals surface area contributed by atoms with Crippen molar-refractivity contribution in [1.29, 1.82) is 0 Å². The van der Waals surface area contributed by atoms with E-state index in [1.54, 1.807) is 11.8 Å². The summed E-state index contributed by atoms with van der Waals surface area (Å²) in [7, 11) is 0. The molecular formula is C15H22Cl3N3OS. The van der Waals surface area contributed by atoms with Gasteiger partial charge in [-0.15, -0.1) is 36.6 Å². The Bertz CT molecular complexity index is 506. The first-order chi connectivity index (χ1) is 10.2. The predicted molar refractivity (Wildman–Crippen MR) is 102 cm³/mol. The number of rotatable bonds is 3. The van der Waals surface area contributed by atoms with Gasteiger partial charge in [0, 0.05) is 49.4 Å². The van der Waals surface area contributed by atoms with Gasteiger partial charge in [-0.25, -0.2) is 0 Å². The molecule has 1 unspecified atom stereocenters. The molecular weight excluding hydrogens is 377 g/mol. The van der Waals surface area contributed by atoms with Crippen molar-refractivity contribution in [2.75, 3.05) is 37.8 Å². The number of nitrogens with one attached hydrogen (secondary N) is 1. The molecule has 1 aromatic rings. The van der Waals surface area contributed by atoms with Crippen molar-refractivity contribution in [2.24, 2.45) is 0 Å². The SMILES string of the molecule is Cl.Cl.O=C(C1CSCN1)N1CCN(Cc2cccc(Cl)c2)CC1. The Labute approximate surface area is 159 Å². The van der Waals surface area contributed by atoms with Crippen molar-refractivity contribution >= 4 is 54.1 Å². The number of halogens is 3. The van der Waals surface area contributed by atoms with E-state index in [4.69, 9.17) is 11.6 Å². The van der Waals surface area contributed by atoms with E-state index in [0.29, 0.717) is 0 Å². The van der Waals surface area contributed by atoms with Gasteiger partial charge in [0.05, 0.1) is 6.04 Å². The third-order valence-electron chi connectivity index (χ3n) is 3.99. The first-order valence-corrected chi connectivity index (χ1v) is 8.82. The van der Waals surface area contributed by atoms with Crippen LogP contribution in [0.2, 0.25) is 5.02 Å². The number of benzene rings is 1. The van der Waals surface area contributed by atoms with E-state index >= 15 is 0 Å². The minimum atomic E-state index is 0. The van der Waals surface area contributed by atoms with Crippen LogP contribution in [0.3, 0.4) is 0 Å². The Balaban J connectivity index is 0.00000132. The molecule has 0 spiro atoms. The highest BCUT2D eigenvalue weighted by Crippen LogP contribution is 2.16. The summed E-state index contributed by atoms with van der Waals surface area (Å²) in [5, 5.41) is 4.04. The third kappa shape index (κ3) is 5.69. The van der Waals surface area contributed by atoms with Crippen LogP contribution in [0.5, 0.6) is 0 Å². The predicted octanol–water partition coefficient (Wildman–Crippen LogP) is 2.49. The van der Waals surface area contributed by atoms with E-state index in [1.165, 1.54) is 5.56 Å². The summed E-state index contributed by atoms with van der Waals surface area (Å²) >= 11 is 7.82. The van der Waals surface area contributed by atoms with Gasteiger partial charge in [-0.1, -0.05) is 23.7 Å². The Hall–Kier alpha value is -0.170. The van der Waals surface area contributed by atoms with Crippen LogP contribution in [-0.2, 0) is 11.3 Å². The zero-order valence-electron chi connectivity index (χ0n) is 12.7. The lowest BCUT2D eigenvalue weighted by molar-refractivity contribution is -0.134. The van der Waals surface area contributed by atoms with Crippen LogP contribution in [0.4, 0.5) is 0 Å². The molecule has 1 N–H and O–H groups in total. The van der Waals surface area contributed by atoms with Crippen LogP contribution in [0.15, 0.2) is 24.3 Å². The second-order valence-corrected chi connectivity index (χ2v) is 6.97. The van der Waals surface area contributed by atoms with E-state index in [0.717, 1.165) is 49.4 Å². The summed E-state index contributed by atoms with van der Waals surface area (Å²) in [6.45, 7) is 4.40. The first-order valence-electron chi connectivity index (χ1n) is 7.29. The van der Waals surface area contributed by atoms with Crippen molar-refractivity contribution in [3.8, 4) is 0 Å². The van der Waals surface area contributed by atoms with E-state index in [2.05, 4.69) is 16.3 Å². The van der Waals surface area contributed by atoms with Gasteiger partial charge in [-0.05, 0) is 17.7 Å². The molecule has 2 aliphatic rings. The van der Waals surface area contributed by atoms with Gasteiger partial charge in [0.15, 0.2) is 0 Å².